The number of fused-ring (bicyclic) bond motifs is 1. The Morgan fingerprint density at radius 2 is 2.18 bits per heavy atom. The molecule has 0 bridgehead atoms. The van der Waals surface area contributed by atoms with Gasteiger partial charge in [-0.3, -0.25) is 4.79 Å². The molecule has 3 heteroatoms. The lowest BCUT2D eigenvalue weighted by Gasteiger charge is -2.06. The zero-order chi connectivity index (χ0) is 12.3. The van der Waals surface area contributed by atoms with Crippen LogP contribution in [0, 0.1) is 0 Å². The SMILES string of the molecule is CCCOc1ccc2c(ccn2CC(C)=O)c1. The molecule has 0 spiro atoms. The molecule has 2 aromatic rings. The van der Waals surface area contributed by atoms with Crippen LogP contribution in [0.2, 0.25) is 0 Å². The number of ether oxygens (including phenoxy) is 1. The molecule has 17 heavy (non-hydrogen) atoms. The van der Waals surface area contributed by atoms with Crippen LogP contribution >= 0.6 is 0 Å². The minimum absolute atomic E-state index is 0.161. The van der Waals surface area contributed by atoms with Gasteiger partial charge in [-0.2, -0.15) is 0 Å². The van der Waals surface area contributed by atoms with Crippen LogP contribution in [0.1, 0.15) is 20.3 Å². The highest BCUT2D eigenvalue weighted by molar-refractivity contribution is 5.84. The van der Waals surface area contributed by atoms with Gasteiger partial charge in [0.2, 0.25) is 0 Å². The standard InChI is InChI=1S/C14H17NO2/c1-3-8-17-13-4-5-14-12(9-13)6-7-15(14)10-11(2)16/h4-7,9H,3,8,10H2,1-2H3. The maximum absolute atomic E-state index is 11.1. The molecule has 0 atom stereocenters. The first-order chi connectivity index (χ1) is 8.20. The lowest BCUT2D eigenvalue weighted by molar-refractivity contribution is -0.117. The topological polar surface area (TPSA) is 31.2 Å². The van der Waals surface area contributed by atoms with Crippen molar-refractivity contribution in [2.45, 2.75) is 26.8 Å². The van der Waals surface area contributed by atoms with Gasteiger partial charge in [0.1, 0.15) is 11.5 Å². The third kappa shape index (κ3) is 2.67. The fourth-order valence-electron chi connectivity index (χ4n) is 1.87. The Hall–Kier alpha value is -1.77. The number of hydrogen-bond acceptors (Lipinski definition) is 2. The number of carbonyl (C=O) groups is 1. The van der Waals surface area contributed by atoms with E-state index in [0.717, 1.165) is 29.7 Å². The molecule has 1 aromatic carbocycles. The van der Waals surface area contributed by atoms with Crippen molar-refractivity contribution in [3.8, 4) is 5.75 Å². The number of rotatable bonds is 5. The molecule has 0 fully saturated rings. The first-order valence-electron chi connectivity index (χ1n) is 5.92. The van der Waals surface area contributed by atoms with Crippen molar-refractivity contribution in [2.75, 3.05) is 6.61 Å². The van der Waals surface area contributed by atoms with Crippen molar-refractivity contribution in [1.29, 1.82) is 0 Å². The van der Waals surface area contributed by atoms with E-state index < -0.39 is 0 Å². The summed E-state index contributed by atoms with van der Waals surface area (Å²) in [4.78, 5) is 11.1. The Morgan fingerprint density at radius 1 is 1.35 bits per heavy atom. The highest BCUT2D eigenvalue weighted by atomic mass is 16.5. The molecule has 0 unspecified atom stereocenters. The van der Waals surface area contributed by atoms with Crippen LogP contribution in [0.25, 0.3) is 10.9 Å². The van der Waals surface area contributed by atoms with Crippen LogP contribution in [0.15, 0.2) is 30.5 Å². The average Bonchev–Trinajstić information content (AvgIpc) is 2.68. The van der Waals surface area contributed by atoms with E-state index in [0.29, 0.717) is 6.54 Å². The van der Waals surface area contributed by atoms with Gasteiger partial charge in [0.25, 0.3) is 0 Å². The van der Waals surface area contributed by atoms with E-state index in [1.807, 2.05) is 35.0 Å². The van der Waals surface area contributed by atoms with Crippen molar-refractivity contribution in [2.24, 2.45) is 0 Å². The zero-order valence-electron chi connectivity index (χ0n) is 10.3. The lowest BCUT2D eigenvalue weighted by Crippen LogP contribution is -2.04. The molecule has 3 nitrogen and oxygen atoms in total. The monoisotopic (exact) mass is 231 g/mol. The van der Waals surface area contributed by atoms with Crippen molar-refractivity contribution in [1.82, 2.24) is 4.57 Å². The van der Waals surface area contributed by atoms with Crippen LogP contribution in [0.3, 0.4) is 0 Å². The number of ketones is 1. The molecular weight excluding hydrogens is 214 g/mol. The lowest BCUT2D eigenvalue weighted by atomic mass is 10.2. The fraction of sp³-hybridized carbons (Fsp3) is 0.357. The average molecular weight is 231 g/mol. The van der Waals surface area contributed by atoms with E-state index in [2.05, 4.69) is 6.92 Å². The van der Waals surface area contributed by atoms with Gasteiger partial charge in [-0.25, -0.2) is 0 Å². The molecule has 0 radical (unpaired) electrons. The minimum Gasteiger partial charge on any atom is -0.494 e. The highest BCUT2D eigenvalue weighted by Crippen LogP contribution is 2.22. The van der Waals surface area contributed by atoms with E-state index in [4.69, 9.17) is 4.74 Å². The Balaban J connectivity index is 2.28. The first kappa shape index (κ1) is 11.7. The van der Waals surface area contributed by atoms with E-state index in [1.165, 1.54) is 0 Å². The summed E-state index contributed by atoms with van der Waals surface area (Å²) in [6.45, 7) is 4.85. The van der Waals surface area contributed by atoms with Crippen molar-refractivity contribution in [3.05, 3.63) is 30.5 Å². The number of carbonyl (C=O) groups excluding carboxylic acids is 1. The van der Waals surface area contributed by atoms with E-state index in [9.17, 15) is 4.79 Å². The molecule has 1 heterocycles. The van der Waals surface area contributed by atoms with Crippen LogP contribution in [0.4, 0.5) is 0 Å². The molecule has 0 N–H and O–H groups in total. The summed E-state index contributed by atoms with van der Waals surface area (Å²) < 4.78 is 7.54. The Bertz CT molecular complexity index is 528. The second-order valence-corrected chi connectivity index (χ2v) is 4.21. The van der Waals surface area contributed by atoms with Gasteiger partial charge < -0.3 is 9.30 Å². The smallest absolute Gasteiger partial charge is 0.149 e. The molecule has 1 aromatic heterocycles. The zero-order valence-corrected chi connectivity index (χ0v) is 10.3. The van der Waals surface area contributed by atoms with Gasteiger partial charge in [-0.1, -0.05) is 6.92 Å². The summed E-state index contributed by atoms with van der Waals surface area (Å²) in [5.41, 5.74) is 1.07. The molecule has 0 aliphatic heterocycles. The molecule has 0 saturated carbocycles. The predicted molar refractivity (Wildman–Crippen MR) is 68.4 cm³/mol. The molecule has 0 saturated heterocycles. The minimum atomic E-state index is 0.161. The van der Waals surface area contributed by atoms with Gasteiger partial charge in [0.15, 0.2) is 0 Å². The maximum atomic E-state index is 11.1. The Kier molecular flexibility index (Phi) is 3.47. The molecule has 0 amide bonds. The summed E-state index contributed by atoms with van der Waals surface area (Å²) in [7, 11) is 0. The number of aromatic nitrogens is 1. The summed E-state index contributed by atoms with van der Waals surface area (Å²) in [6.07, 6.45) is 2.94. The number of hydrogen-bond donors (Lipinski definition) is 0. The largest absolute Gasteiger partial charge is 0.494 e. The van der Waals surface area contributed by atoms with Crippen molar-refractivity contribution < 1.29 is 9.53 Å². The third-order valence-corrected chi connectivity index (χ3v) is 2.61. The molecule has 0 aliphatic carbocycles. The van der Waals surface area contributed by atoms with E-state index >= 15 is 0 Å². The van der Waals surface area contributed by atoms with Gasteiger partial charge in [0, 0.05) is 17.1 Å². The van der Waals surface area contributed by atoms with Crippen LogP contribution in [-0.2, 0) is 11.3 Å². The second-order valence-electron chi connectivity index (χ2n) is 4.21. The quantitative estimate of drug-likeness (QED) is 0.792. The molecule has 90 valence electrons. The summed E-state index contributed by atoms with van der Waals surface area (Å²) >= 11 is 0. The number of benzene rings is 1. The molecule has 0 aliphatic rings. The van der Waals surface area contributed by atoms with Gasteiger partial charge in [-0.05, 0) is 37.6 Å². The van der Waals surface area contributed by atoms with Gasteiger partial charge >= 0.3 is 0 Å². The normalized spacial score (nSPS) is 10.7. The number of Topliss-reactive ketones (excluding diaryl/α,β-unsaturated/α-hetero) is 1. The first-order valence-corrected chi connectivity index (χ1v) is 5.92. The Morgan fingerprint density at radius 3 is 2.88 bits per heavy atom. The summed E-state index contributed by atoms with van der Waals surface area (Å²) in [6, 6.07) is 7.98. The number of nitrogens with zero attached hydrogens (tertiary/aromatic N) is 1. The van der Waals surface area contributed by atoms with E-state index in [1.54, 1.807) is 6.92 Å². The summed E-state index contributed by atoms with van der Waals surface area (Å²) in [5, 5.41) is 1.11. The van der Waals surface area contributed by atoms with Gasteiger partial charge in [-0.15, -0.1) is 0 Å². The molecular formula is C14H17NO2. The van der Waals surface area contributed by atoms with Crippen LogP contribution < -0.4 is 4.74 Å². The molecule has 2 rings (SSSR count). The fourth-order valence-corrected chi connectivity index (χ4v) is 1.87. The van der Waals surface area contributed by atoms with Crippen LogP contribution in [-0.4, -0.2) is 17.0 Å². The highest BCUT2D eigenvalue weighted by Gasteiger charge is 2.04. The second kappa shape index (κ2) is 5.04. The van der Waals surface area contributed by atoms with Gasteiger partial charge in [0.05, 0.1) is 13.2 Å². The van der Waals surface area contributed by atoms with Crippen molar-refractivity contribution in [3.63, 3.8) is 0 Å². The van der Waals surface area contributed by atoms with Crippen molar-refractivity contribution >= 4 is 16.7 Å². The maximum Gasteiger partial charge on any atom is 0.149 e. The van der Waals surface area contributed by atoms with Crippen LogP contribution in [0.5, 0.6) is 5.75 Å². The van der Waals surface area contributed by atoms with E-state index in [-0.39, 0.29) is 5.78 Å². The third-order valence-electron chi connectivity index (χ3n) is 2.61. The predicted octanol–water partition coefficient (Wildman–Crippen LogP) is 3.02. The Labute approximate surface area is 101 Å². The summed E-state index contributed by atoms with van der Waals surface area (Å²) in [5.74, 6) is 1.05.